The van der Waals surface area contributed by atoms with Crippen LogP contribution in [0.25, 0.3) is 0 Å². The van der Waals surface area contributed by atoms with Crippen molar-refractivity contribution in [1.29, 1.82) is 0 Å². The van der Waals surface area contributed by atoms with Gasteiger partial charge in [0.15, 0.2) is 0 Å². The molecule has 0 fully saturated rings. The molecule has 0 bridgehead atoms. The second-order valence-electron chi connectivity index (χ2n) is 3.59. The highest BCUT2D eigenvalue weighted by atomic mass is 127. The van der Waals surface area contributed by atoms with Crippen LogP contribution in [0.2, 0.25) is 5.02 Å². The van der Waals surface area contributed by atoms with Crippen molar-refractivity contribution in [2.45, 2.75) is 0 Å². The second kappa shape index (κ2) is 6.04. The second-order valence-corrected chi connectivity index (χ2v) is 6.10. The van der Waals surface area contributed by atoms with Gasteiger partial charge in [-0.15, -0.1) is 0 Å². The van der Waals surface area contributed by atoms with Gasteiger partial charge < -0.3 is 5.32 Å². The van der Waals surface area contributed by atoms with E-state index in [0.717, 1.165) is 13.7 Å². The Kier molecular flexibility index (Phi) is 4.64. The lowest BCUT2D eigenvalue weighted by molar-refractivity contribution is 0.102. The molecule has 5 heteroatoms. The first-order valence-electron chi connectivity index (χ1n) is 5.08. The van der Waals surface area contributed by atoms with Crippen molar-refractivity contribution in [1.82, 2.24) is 0 Å². The van der Waals surface area contributed by atoms with Crippen molar-refractivity contribution < 1.29 is 4.79 Å². The van der Waals surface area contributed by atoms with Crippen LogP contribution < -0.4 is 5.32 Å². The number of rotatable bonds is 2. The summed E-state index contributed by atoms with van der Waals surface area (Å²) in [7, 11) is 0. The van der Waals surface area contributed by atoms with E-state index < -0.39 is 0 Å². The van der Waals surface area contributed by atoms with Crippen LogP contribution >= 0.6 is 50.1 Å². The normalized spacial score (nSPS) is 10.2. The highest BCUT2D eigenvalue weighted by molar-refractivity contribution is 14.1. The largest absolute Gasteiger partial charge is 0.322 e. The number of halogens is 3. The van der Waals surface area contributed by atoms with Crippen molar-refractivity contribution in [3.63, 3.8) is 0 Å². The molecule has 0 aromatic heterocycles. The fourth-order valence-electron chi connectivity index (χ4n) is 1.44. The summed E-state index contributed by atoms with van der Waals surface area (Å²) in [6, 6.07) is 12.7. The van der Waals surface area contributed by atoms with Gasteiger partial charge in [0.2, 0.25) is 0 Å². The van der Waals surface area contributed by atoms with E-state index in [4.69, 9.17) is 11.6 Å². The smallest absolute Gasteiger partial charge is 0.256 e. The molecule has 0 heterocycles. The average Bonchev–Trinajstić information content (AvgIpc) is 2.32. The quantitative estimate of drug-likeness (QED) is 0.663. The van der Waals surface area contributed by atoms with Crippen LogP contribution in [-0.4, -0.2) is 5.91 Å². The molecule has 1 N–H and O–H groups in total. The SMILES string of the molecule is O=C(Nc1cccc(Br)c1)c1cc(Cl)ccc1I. The first kappa shape index (κ1) is 13.8. The number of benzene rings is 2. The molecule has 2 rings (SSSR count). The molecule has 0 saturated heterocycles. The van der Waals surface area contributed by atoms with Gasteiger partial charge in [0.05, 0.1) is 5.56 Å². The molecular formula is C13H8BrClINO. The first-order chi connectivity index (χ1) is 8.56. The summed E-state index contributed by atoms with van der Waals surface area (Å²) in [4.78, 5) is 12.1. The van der Waals surface area contributed by atoms with Gasteiger partial charge in [-0.2, -0.15) is 0 Å². The number of hydrogen-bond donors (Lipinski definition) is 1. The maximum atomic E-state index is 12.1. The topological polar surface area (TPSA) is 29.1 Å². The summed E-state index contributed by atoms with van der Waals surface area (Å²) >= 11 is 11.4. The van der Waals surface area contributed by atoms with Gasteiger partial charge >= 0.3 is 0 Å². The maximum absolute atomic E-state index is 12.1. The fraction of sp³-hybridized carbons (Fsp3) is 0. The van der Waals surface area contributed by atoms with Gasteiger partial charge in [-0.25, -0.2) is 0 Å². The Morgan fingerprint density at radius 1 is 1.22 bits per heavy atom. The lowest BCUT2D eigenvalue weighted by Crippen LogP contribution is -2.13. The molecule has 0 aliphatic carbocycles. The molecule has 92 valence electrons. The zero-order valence-electron chi connectivity index (χ0n) is 9.08. The Bertz CT molecular complexity index is 603. The Hall–Kier alpha value is -0.590. The van der Waals surface area contributed by atoms with Crippen molar-refractivity contribution >= 4 is 61.7 Å². The van der Waals surface area contributed by atoms with E-state index in [9.17, 15) is 4.79 Å². The molecule has 2 aromatic carbocycles. The van der Waals surface area contributed by atoms with E-state index >= 15 is 0 Å². The van der Waals surface area contributed by atoms with Crippen LogP contribution in [0.4, 0.5) is 5.69 Å². The van der Waals surface area contributed by atoms with Crippen molar-refractivity contribution in [3.05, 3.63) is 61.1 Å². The molecule has 0 atom stereocenters. The fourth-order valence-corrected chi connectivity index (χ4v) is 2.59. The summed E-state index contributed by atoms with van der Waals surface area (Å²) in [5.74, 6) is -0.167. The van der Waals surface area contributed by atoms with Crippen LogP contribution in [0.1, 0.15) is 10.4 Å². The molecule has 0 aliphatic rings. The minimum Gasteiger partial charge on any atom is -0.322 e. The average molecular weight is 436 g/mol. The molecule has 0 aliphatic heterocycles. The molecule has 0 spiro atoms. The van der Waals surface area contributed by atoms with Gasteiger partial charge in [0, 0.05) is 18.8 Å². The van der Waals surface area contributed by atoms with Crippen LogP contribution in [0, 0.1) is 3.57 Å². The molecular weight excluding hydrogens is 428 g/mol. The highest BCUT2D eigenvalue weighted by Gasteiger charge is 2.10. The number of carbonyl (C=O) groups is 1. The van der Waals surface area contributed by atoms with Crippen molar-refractivity contribution in [2.75, 3.05) is 5.32 Å². The predicted octanol–water partition coefficient (Wildman–Crippen LogP) is 4.96. The third-order valence-electron chi connectivity index (χ3n) is 2.26. The molecule has 1 amide bonds. The van der Waals surface area contributed by atoms with Gasteiger partial charge in [0.25, 0.3) is 5.91 Å². The third-order valence-corrected chi connectivity index (χ3v) is 3.92. The third kappa shape index (κ3) is 3.46. The minimum atomic E-state index is -0.167. The zero-order chi connectivity index (χ0) is 13.1. The molecule has 18 heavy (non-hydrogen) atoms. The Morgan fingerprint density at radius 3 is 2.72 bits per heavy atom. The van der Waals surface area contributed by atoms with Crippen LogP contribution in [0.15, 0.2) is 46.9 Å². The Balaban J connectivity index is 2.24. The number of anilines is 1. The lowest BCUT2D eigenvalue weighted by atomic mass is 10.2. The number of nitrogens with one attached hydrogen (secondary N) is 1. The van der Waals surface area contributed by atoms with E-state index in [2.05, 4.69) is 43.8 Å². The van der Waals surface area contributed by atoms with E-state index in [0.29, 0.717) is 10.6 Å². The summed E-state index contributed by atoms with van der Waals surface area (Å²) in [6.45, 7) is 0. The molecule has 0 unspecified atom stereocenters. The van der Waals surface area contributed by atoms with Crippen LogP contribution in [-0.2, 0) is 0 Å². The van der Waals surface area contributed by atoms with Gasteiger partial charge in [-0.05, 0) is 59.0 Å². The van der Waals surface area contributed by atoms with Gasteiger partial charge in [-0.3, -0.25) is 4.79 Å². The number of hydrogen-bond acceptors (Lipinski definition) is 1. The van der Waals surface area contributed by atoms with Gasteiger partial charge in [0.1, 0.15) is 0 Å². The predicted molar refractivity (Wildman–Crippen MR) is 86.3 cm³/mol. The van der Waals surface area contributed by atoms with E-state index in [1.54, 1.807) is 12.1 Å². The number of amides is 1. The molecule has 2 nitrogen and oxygen atoms in total. The van der Waals surface area contributed by atoms with Gasteiger partial charge in [-0.1, -0.05) is 33.6 Å². The van der Waals surface area contributed by atoms with E-state index in [-0.39, 0.29) is 5.91 Å². The standard InChI is InChI=1S/C13H8BrClINO/c14-8-2-1-3-10(6-8)17-13(18)11-7-9(15)4-5-12(11)16/h1-7H,(H,17,18). The summed E-state index contributed by atoms with van der Waals surface area (Å²) in [6.07, 6.45) is 0. The van der Waals surface area contributed by atoms with E-state index in [1.165, 1.54) is 0 Å². The Labute approximate surface area is 132 Å². The van der Waals surface area contributed by atoms with Crippen molar-refractivity contribution in [2.24, 2.45) is 0 Å². The Morgan fingerprint density at radius 2 is 2.00 bits per heavy atom. The lowest BCUT2D eigenvalue weighted by Gasteiger charge is -2.07. The first-order valence-corrected chi connectivity index (χ1v) is 7.33. The summed E-state index contributed by atoms with van der Waals surface area (Å²) in [5.41, 5.74) is 1.31. The van der Waals surface area contributed by atoms with Crippen LogP contribution in [0.5, 0.6) is 0 Å². The van der Waals surface area contributed by atoms with Crippen LogP contribution in [0.3, 0.4) is 0 Å². The monoisotopic (exact) mass is 435 g/mol. The summed E-state index contributed by atoms with van der Waals surface area (Å²) < 4.78 is 1.78. The molecule has 0 radical (unpaired) electrons. The summed E-state index contributed by atoms with van der Waals surface area (Å²) in [5, 5.41) is 3.39. The molecule has 2 aromatic rings. The van der Waals surface area contributed by atoms with Crippen molar-refractivity contribution in [3.8, 4) is 0 Å². The zero-order valence-corrected chi connectivity index (χ0v) is 13.6. The highest BCUT2D eigenvalue weighted by Crippen LogP contribution is 2.20. The maximum Gasteiger partial charge on any atom is 0.256 e. The van der Waals surface area contributed by atoms with E-state index in [1.807, 2.05) is 30.3 Å². The molecule has 0 saturated carbocycles. The minimum absolute atomic E-state index is 0.167. The number of carbonyl (C=O) groups excluding carboxylic acids is 1.